The minimum absolute atomic E-state index is 0.223. The molecular weight excluding hydrogens is 462 g/mol. The Balaban J connectivity index is 1.66. The van der Waals surface area contributed by atoms with Gasteiger partial charge in [0, 0.05) is 22.3 Å². The first-order valence-corrected chi connectivity index (χ1v) is 11.6. The fourth-order valence-corrected chi connectivity index (χ4v) is 4.17. The number of carbonyl (C=O) groups is 1. The third-order valence-electron chi connectivity index (χ3n) is 4.65. The van der Waals surface area contributed by atoms with Crippen molar-refractivity contribution < 1.29 is 14.1 Å². The molecule has 0 fully saturated rings. The van der Waals surface area contributed by atoms with E-state index in [9.17, 15) is 4.79 Å². The highest BCUT2D eigenvalue weighted by Gasteiger charge is 2.23. The van der Waals surface area contributed by atoms with Gasteiger partial charge in [0.1, 0.15) is 11.5 Å². The highest BCUT2D eigenvalue weighted by atomic mass is 35.5. The highest BCUT2D eigenvalue weighted by molar-refractivity contribution is 8.00. The second-order valence-electron chi connectivity index (χ2n) is 7.15. The number of ether oxygens (including phenoxy) is 1. The van der Waals surface area contributed by atoms with Gasteiger partial charge in [-0.25, -0.2) is 0 Å². The zero-order valence-electron chi connectivity index (χ0n) is 18.3. The molecule has 0 saturated heterocycles. The van der Waals surface area contributed by atoms with Crippen molar-refractivity contribution in [3.05, 3.63) is 65.4 Å². The smallest absolute Gasteiger partial charge is 0.238 e. The van der Waals surface area contributed by atoms with E-state index in [0.29, 0.717) is 34.2 Å². The van der Waals surface area contributed by atoms with Crippen molar-refractivity contribution >= 4 is 35.1 Å². The van der Waals surface area contributed by atoms with Gasteiger partial charge in [-0.15, -0.1) is 10.2 Å². The molecular formula is C23H22ClN5O3S. The maximum atomic E-state index is 12.7. The van der Waals surface area contributed by atoms with Crippen LogP contribution in [-0.4, -0.2) is 37.7 Å². The molecule has 0 aliphatic rings. The number of amides is 1. The van der Waals surface area contributed by atoms with Crippen LogP contribution in [0.15, 0.2) is 64.3 Å². The van der Waals surface area contributed by atoms with E-state index in [2.05, 4.69) is 20.7 Å². The minimum atomic E-state index is -0.472. The van der Waals surface area contributed by atoms with Gasteiger partial charge in [-0.3, -0.25) is 9.36 Å². The number of nitrogens with one attached hydrogen (secondary N) is 1. The molecule has 1 amide bonds. The van der Waals surface area contributed by atoms with Crippen LogP contribution in [0.5, 0.6) is 5.75 Å². The number of aromatic nitrogens is 4. The summed E-state index contributed by atoms with van der Waals surface area (Å²) in [4.78, 5) is 12.7. The van der Waals surface area contributed by atoms with Crippen molar-refractivity contribution in [2.24, 2.45) is 0 Å². The largest absolute Gasteiger partial charge is 0.494 e. The molecule has 0 bridgehead atoms. The number of halogens is 1. The number of anilines is 1. The van der Waals surface area contributed by atoms with E-state index in [1.807, 2.05) is 54.0 Å². The van der Waals surface area contributed by atoms with Crippen LogP contribution in [0, 0.1) is 6.92 Å². The Morgan fingerprint density at radius 3 is 2.67 bits per heavy atom. The second-order valence-corrected chi connectivity index (χ2v) is 8.90. The monoisotopic (exact) mass is 483 g/mol. The van der Waals surface area contributed by atoms with E-state index in [4.69, 9.17) is 20.9 Å². The van der Waals surface area contributed by atoms with Crippen LogP contribution in [0.2, 0.25) is 5.02 Å². The van der Waals surface area contributed by atoms with Crippen molar-refractivity contribution in [2.75, 3.05) is 11.9 Å². The summed E-state index contributed by atoms with van der Waals surface area (Å²) in [6.07, 6.45) is 0. The predicted octanol–water partition coefficient (Wildman–Crippen LogP) is 5.40. The summed E-state index contributed by atoms with van der Waals surface area (Å²) in [5.74, 6) is 2.15. The normalized spacial score (nSPS) is 11.9. The highest BCUT2D eigenvalue weighted by Crippen LogP contribution is 2.32. The fourth-order valence-electron chi connectivity index (χ4n) is 3.12. The van der Waals surface area contributed by atoms with Gasteiger partial charge in [0.25, 0.3) is 0 Å². The summed E-state index contributed by atoms with van der Waals surface area (Å²) in [5, 5.41) is 16.0. The molecule has 1 N–H and O–H groups in total. The molecule has 2 aromatic carbocycles. The first-order chi connectivity index (χ1) is 15.9. The van der Waals surface area contributed by atoms with Crippen LogP contribution in [0.25, 0.3) is 17.1 Å². The average Bonchev–Trinajstić information content (AvgIpc) is 3.40. The standard InChI is InChI=1S/C23H22ClN5O3S/c1-4-31-19-10-8-18(9-11-19)29-21(16-6-5-7-17(24)13-16)26-27-23(29)33-15(3)22(30)25-20-12-14(2)32-28-20/h5-13,15H,4H2,1-3H3,(H,25,28,30). The van der Waals surface area contributed by atoms with Crippen LogP contribution >= 0.6 is 23.4 Å². The minimum Gasteiger partial charge on any atom is -0.494 e. The molecule has 2 heterocycles. The van der Waals surface area contributed by atoms with Gasteiger partial charge in [0.05, 0.1) is 11.9 Å². The van der Waals surface area contributed by atoms with Crippen molar-refractivity contribution in [2.45, 2.75) is 31.2 Å². The van der Waals surface area contributed by atoms with Gasteiger partial charge in [0.15, 0.2) is 16.8 Å². The Morgan fingerprint density at radius 1 is 1.21 bits per heavy atom. The SMILES string of the molecule is CCOc1ccc(-n2c(SC(C)C(=O)Nc3cc(C)on3)nnc2-c2cccc(Cl)c2)cc1. The first kappa shape index (κ1) is 22.9. The molecule has 1 unspecified atom stereocenters. The first-order valence-electron chi connectivity index (χ1n) is 10.3. The molecule has 0 radical (unpaired) electrons. The lowest BCUT2D eigenvalue weighted by molar-refractivity contribution is -0.115. The van der Waals surface area contributed by atoms with Crippen molar-refractivity contribution in [1.82, 2.24) is 19.9 Å². The van der Waals surface area contributed by atoms with E-state index < -0.39 is 5.25 Å². The molecule has 4 rings (SSSR count). The van der Waals surface area contributed by atoms with Crippen LogP contribution in [0.1, 0.15) is 19.6 Å². The number of hydrogen-bond donors (Lipinski definition) is 1. The lowest BCUT2D eigenvalue weighted by Crippen LogP contribution is -2.23. The van der Waals surface area contributed by atoms with Crippen molar-refractivity contribution in [3.8, 4) is 22.8 Å². The summed E-state index contributed by atoms with van der Waals surface area (Å²) < 4.78 is 12.5. The number of thioether (sulfide) groups is 1. The second kappa shape index (κ2) is 10.1. The molecule has 33 heavy (non-hydrogen) atoms. The van der Waals surface area contributed by atoms with Gasteiger partial charge < -0.3 is 14.6 Å². The van der Waals surface area contributed by atoms with E-state index in [0.717, 1.165) is 17.0 Å². The molecule has 0 aliphatic heterocycles. The maximum Gasteiger partial charge on any atom is 0.238 e. The van der Waals surface area contributed by atoms with Gasteiger partial charge in [0.2, 0.25) is 5.91 Å². The third kappa shape index (κ3) is 5.37. The number of aryl methyl sites for hydroxylation is 1. The van der Waals surface area contributed by atoms with Gasteiger partial charge in [-0.1, -0.05) is 40.7 Å². The topological polar surface area (TPSA) is 95.1 Å². The Bertz CT molecular complexity index is 1260. The van der Waals surface area contributed by atoms with Crippen LogP contribution in [0.4, 0.5) is 5.82 Å². The summed E-state index contributed by atoms with van der Waals surface area (Å²) in [6, 6.07) is 16.7. The lowest BCUT2D eigenvalue weighted by Gasteiger charge is -2.14. The zero-order valence-corrected chi connectivity index (χ0v) is 19.9. The van der Waals surface area contributed by atoms with Crippen LogP contribution in [-0.2, 0) is 4.79 Å². The summed E-state index contributed by atoms with van der Waals surface area (Å²) in [6.45, 7) is 6.08. The lowest BCUT2D eigenvalue weighted by atomic mass is 10.2. The van der Waals surface area contributed by atoms with Crippen molar-refractivity contribution in [3.63, 3.8) is 0 Å². The zero-order chi connectivity index (χ0) is 23.4. The molecule has 1 atom stereocenters. The Hall–Kier alpha value is -3.30. The summed E-state index contributed by atoms with van der Waals surface area (Å²) >= 11 is 7.50. The molecule has 0 saturated carbocycles. The number of carbonyl (C=O) groups excluding carboxylic acids is 1. The molecule has 0 aliphatic carbocycles. The van der Waals surface area contributed by atoms with E-state index >= 15 is 0 Å². The van der Waals surface area contributed by atoms with E-state index in [-0.39, 0.29) is 5.91 Å². The van der Waals surface area contributed by atoms with Crippen molar-refractivity contribution in [1.29, 1.82) is 0 Å². The van der Waals surface area contributed by atoms with Crippen LogP contribution < -0.4 is 10.1 Å². The fraction of sp³-hybridized carbons (Fsp3) is 0.217. The third-order valence-corrected chi connectivity index (χ3v) is 5.93. The summed E-state index contributed by atoms with van der Waals surface area (Å²) in [5.41, 5.74) is 1.64. The molecule has 0 spiro atoms. The Kier molecular flexibility index (Phi) is 7.00. The number of nitrogens with zero attached hydrogens (tertiary/aromatic N) is 4. The predicted molar refractivity (Wildman–Crippen MR) is 128 cm³/mol. The molecule has 10 heteroatoms. The van der Waals surface area contributed by atoms with E-state index in [1.165, 1.54) is 11.8 Å². The molecule has 170 valence electrons. The van der Waals surface area contributed by atoms with Gasteiger partial charge in [-0.05, 0) is 57.2 Å². The van der Waals surface area contributed by atoms with E-state index in [1.54, 1.807) is 26.0 Å². The number of rotatable bonds is 8. The van der Waals surface area contributed by atoms with Gasteiger partial charge >= 0.3 is 0 Å². The molecule has 2 aromatic heterocycles. The van der Waals surface area contributed by atoms with Crippen LogP contribution in [0.3, 0.4) is 0 Å². The quantitative estimate of drug-likeness (QED) is 0.335. The Morgan fingerprint density at radius 2 is 2.00 bits per heavy atom. The Labute approximate surface area is 200 Å². The number of hydrogen-bond acceptors (Lipinski definition) is 7. The maximum absolute atomic E-state index is 12.7. The number of benzene rings is 2. The molecule has 4 aromatic rings. The summed E-state index contributed by atoms with van der Waals surface area (Å²) in [7, 11) is 0. The molecule has 8 nitrogen and oxygen atoms in total. The average molecular weight is 484 g/mol. The van der Waals surface area contributed by atoms with Gasteiger partial charge in [-0.2, -0.15) is 0 Å².